The molecule has 1 fully saturated rings. The second-order valence-corrected chi connectivity index (χ2v) is 17.9. The van der Waals surface area contributed by atoms with Crippen LogP contribution in [0.5, 0.6) is 0 Å². The number of aromatic nitrogens is 4. The first kappa shape index (κ1) is 29.2. The second-order valence-electron chi connectivity index (χ2n) is 12.2. The summed E-state index contributed by atoms with van der Waals surface area (Å²) >= 11 is 0. The van der Waals surface area contributed by atoms with Crippen LogP contribution < -0.4 is 5.32 Å². The highest BCUT2D eigenvalue weighted by molar-refractivity contribution is 6.76. The van der Waals surface area contributed by atoms with Gasteiger partial charge in [0.1, 0.15) is 12.5 Å². The molecule has 9 nitrogen and oxygen atoms in total. The summed E-state index contributed by atoms with van der Waals surface area (Å²) in [6.07, 6.45) is 7.95. The van der Waals surface area contributed by atoms with Crippen LogP contribution in [0.2, 0.25) is 25.7 Å². The van der Waals surface area contributed by atoms with E-state index in [-0.39, 0.29) is 12.5 Å². The maximum absolute atomic E-state index is 13.1. The fraction of sp³-hybridized carbons (Fsp3) is 0.452. The lowest BCUT2D eigenvalue weighted by molar-refractivity contribution is 0.0863. The average molecular weight is 575 g/mol. The molecule has 5 rings (SSSR count). The van der Waals surface area contributed by atoms with Gasteiger partial charge in [-0.15, -0.1) is 0 Å². The third-order valence-electron chi connectivity index (χ3n) is 7.83. The molecule has 2 N–H and O–H groups in total. The molecule has 1 atom stereocenters. The van der Waals surface area contributed by atoms with E-state index >= 15 is 0 Å². The van der Waals surface area contributed by atoms with Gasteiger partial charge in [0.05, 0.1) is 24.9 Å². The van der Waals surface area contributed by atoms with Gasteiger partial charge in [0.2, 0.25) is 0 Å². The first-order valence-corrected chi connectivity index (χ1v) is 18.3. The number of hydrogen-bond acceptors (Lipinski definition) is 6. The van der Waals surface area contributed by atoms with E-state index in [4.69, 9.17) is 9.84 Å². The molecule has 0 bridgehead atoms. The topological polar surface area (TPSA) is 97.4 Å². The molecule has 4 heterocycles. The van der Waals surface area contributed by atoms with E-state index in [2.05, 4.69) is 57.5 Å². The van der Waals surface area contributed by atoms with E-state index in [9.17, 15) is 4.79 Å². The number of hydrogen-bond donors (Lipinski definition) is 2. The van der Waals surface area contributed by atoms with Crippen molar-refractivity contribution in [2.75, 3.05) is 25.1 Å². The Morgan fingerprint density at radius 2 is 1.95 bits per heavy atom. The molecule has 10 heteroatoms. The maximum atomic E-state index is 13.1. The third-order valence-corrected chi connectivity index (χ3v) is 9.53. The molecule has 218 valence electrons. The predicted octanol–water partition coefficient (Wildman–Crippen LogP) is 5.44. The first-order valence-electron chi connectivity index (χ1n) is 14.6. The summed E-state index contributed by atoms with van der Waals surface area (Å²) in [5.74, 6) is 0.300. The van der Waals surface area contributed by atoms with Gasteiger partial charge < -0.3 is 19.7 Å². The summed E-state index contributed by atoms with van der Waals surface area (Å²) in [5.41, 5.74) is 4.67. The van der Waals surface area contributed by atoms with Crippen molar-refractivity contribution in [2.45, 2.75) is 71.3 Å². The van der Waals surface area contributed by atoms with Crippen LogP contribution in [0, 0.1) is 0 Å². The van der Waals surface area contributed by atoms with Crippen LogP contribution in [0.3, 0.4) is 0 Å². The lowest BCUT2D eigenvalue weighted by Gasteiger charge is -2.22. The molecule has 0 aliphatic carbocycles. The van der Waals surface area contributed by atoms with Crippen molar-refractivity contribution >= 4 is 30.7 Å². The van der Waals surface area contributed by atoms with Gasteiger partial charge in [-0.2, -0.15) is 5.10 Å². The largest absolute Gasteiger partial charge is 0.394 e. The molecule has 0 radical (unpaired) electrons. The number of aliphatic hydroxyl groups excluding tert-OH is 1. The van der Waals surface area contributed by atoms with Gasteiger partial charge in [-0.05, 0) is 56.1 Å². The van der Waals surface area contributed by atoms with Gasteiger partial charge in [-0.25, -0.2) is 4.98 Å². The molecule has 0 spiro atoms. The van der Waals surface area contributed by atoms with Crippen molar-refractivity contribution < 1.29 is 14.6 Å². The Balaban J connectivity index is 1.33. The van der Waals surface area contributed by atoms with Crippen molar-refractivity contribution in [1.82, 2.24) is 24.2 Å². The maximum Gasteiger partial charge on any atom is 0.256 e. The van der Waals surface area contributed by atoms with E-state index in [1.165, 1.54) is 18.5 Å². The minimum Gasteiger partial charge on any atom is -0.394 e. The monoisotopic (exact) mass is 574 g/mol. The molecule has 1 amide bonds. The van der Waals surface area contributed by atoms with Gasteiger partial charge in [0, 0.05) is 67.9 Å². The van der Waals surface area contributed by atoms with Crippen molar-refractivity contribution in [2.24, 2.45) is 0 Å². The minimum absolute atomic E-state index is 0.0371. The van der Waals surface area contributed by atoms with Crippen LogP contribution in [-0.2, 0) is 24.6 Å². The first-order chi connectivity index (χ1) is 19.7. The number of carbonyl (C=O) groups is 1. The fourth-order valence-corrected chi connectivity index (χ4v) is 6.03. The number of ether oxygens (including phenoxy) is 1. The van der Waals surface area contributed by atoms with E-state index in [1.807, 2.05) is 30.6 Å². The van der Waals surface area contributed by atoms with Crippen LogP contribution in [0.1, 0.15) is 35.8 Å². The fourth-order valence-electron chi connectivity index (χ4n) is 5.27. The van der Waals surface area contributed by atoms with Gasteiger partial charge in [0.25, 0.3) is 5.91 Å². The second kappa shape index (κ2) is 12.7. The number of amides is 1. The van der Waals surface area contributed by atoms with E-state index in [0.29, 0.717) is 30.7 Å². The molecule has 1 saturated heterocycles. The number of nitrogens with zero attached hydrogens (tertiary/aromatic N) is 5. The smallest absolute Gasteiger partial charge is 0.256 e. The summed E-state index contributed by atoms with van der Waals surface area (Å²) in [5, 5.41) is 17.4. The van der Waals surface area contributed by atoms with Crippen molar-refractivity contribution in [1.29, 1.82) is 0 Å². The highest BCUT2D eigenvalue weighted by Crippen LogP contribution is 2.27. The zero-order valence-electron chi connectivity index (χ0n) is 24.6. The van der Waals surface area contributed by atoms with Gasteiger partial charge >= 0.3 is 0 Å². The van der Waals surface area contributed by atoms with Crippen LogP contribution >= 0.6 is 0 Å². The number of nitrogens with one attached hydrogen (secondary N) is 1. The Morgan fingerprint density at radius 3 is 2.66 bits per heavy atom. The lowest BCUT2D eigenvalue weighted by Crippen LogP contribution is -2.27. The number of benzene rings is 1. The molecular formula is C31H42N6O3Si. The minimum atomic E-state index is -1.18. The average Bonchev–Trinajstić information content (AvgIpc) is 3.66. The molecule has 1 aromatic carbocycles. The number of likely N-dealkylation sites (tertiary alicyclic amines) is 1. The molecule has 0 unspecified atom stereocenters. The van der Waals surface area contributed by atoms with Crippen molar-refractivity contribution in [3.05, 3.63) is 66.2 Å². The molecule has 0 saturated carbocycles. The van der Waals surface area contributed by atoms with Gasteiger partial charge in [-0.1, -0.05) is 31.8 Å². The zero-order chi connectivity index (χ0) is 29.0. The zero-order valence-corrected chi connectivity index (χ0v) is 25.6. The number of fused-ring (bicyclic) bond motifs is 1. The van der Waals surface area contributed by atoms with Gasteiger partial charge in [0.15, 0.2) is 0 Å². The number of rotatable bonds is 12. The van der Waals surface area contributed by atoms with E-state index < -0.39 is 8.07 Å². The number of aliphatic hydroxyl groups is 1. The molecule has 3 aromatic heterocycles. The SMILES string of the molecule is C[C@H]1CCCN1Cc1cc2cnc(NC(=O)c3ccc(-c4cnn(CCO)c4)cc3)cc2n1COCC[Si](C)(C)C. The summed E-state index contributed by atoms with van der Waals surface area (Å²) < 4.78 is 10.1. The van der Waals surface area contributed by atoms with Gasteiger partial charge in [-0.3, -0.25) is 14.4 Å². The lowest BCUT2D eigenvalue weighted by atomic mass is 10.1. The standard InChI is InChI=1S/C31H42N6O3Si/c1-23-6-5-11-35(23)21-28-16-26-18-32-30(17-29(26)37(28)22-40-14-15-41(2,3)4)34-31(39)25-9-7-24(8-10-25)27-19-33-36(20-27)12-13-38/h7-10,16-20,23,38H,5-6,11-15,21-22H2,1-4H3,(H,32,34,39)/t23-/m0/s1. The summed E-state index contributed by atoms with van der Waals surface area (Å²) in [6.45, 7) is 13.1. The van der Waals surface area contributed by atoms with Crippen molar-refractivity contribution in [3.63, 3.8) is 0 Å². The molecular weight excluding hydrogens is 532 g/mol. The highest BCUT2D eigenvalue weighted by atomic mass is 28.3. The van der Waals surface area contributed by atoms with Crippen LogP contribution in [-0.4, -0.2) is 69.1 Å². The van der Waals surface area contributed by atoms with Crippen LogP contribution in [0.4, 0.5) is 5.82 Å². The van der Waals surface area contributed by atoms with Crippen LogP contribution in [0.25, 0.3) is 22.0 Å². The molecule has 41 heavy (non-hydrogen) atoms. The van der Waals surface area contributed by atoms with Crippen LogP contribution in [0.15, 0.2) is 55.0 Å². The Hall–Kier alpha value is -3.31. The summed E-state index contributed by atoms with van der Waals surface area (Å²) in [4.78, 5) is 20.2. The highest BCUT2D eigenvalue weighted by Gasteiger charge is 2.23. The van der Waals surface area contributed by atoms with E-state index in [0.717, 1.165) is 47.8 Å². The Bertz CT molecular complexity index is 1470. The Labute approximate surface area is 243 Å². The Morgan fingerprint density at radius 1 is 1.15 bits per heavy atom. The third kappa shape index (κ3) is 7.31. The predicted molar refractivity (Wildman–Crippen MR) is 166 cm³/mol. The molecule has 4 aromatic rings. The number of anilines is 1. The number of pyridine rings is 1. The summed E-state index contributed by atoms with van der Waals surface area (Å²) in [7, 11) is -1.18. The Kier molecular flexibility index (Phi) is 9.03. The number of carbonyl (C=O) groups excluding carboxylic acids is 1. The molecule has 1 aliphatic rings. The normalized spacial score (nSPS) is 16.1. The molecule has 1 aliphatic heterocycles. The quantitative estimate of drug-likeness (QED) is 0.173. The summed E-state index contributed by atoms with van der Waals surface area (Å²) in [6, 6.07) is 13.3. The van der Waals surface area contributed by atoms with E-state index in [1.54, 1.807) is 23.0 Å². The van der Waals surface area contributed by atoms with Crippen molar-refractivity contribution in [3.8, 4) is 11.1 Å².